The first kappa shape index (κ1) is 14.1. The first-order valence-electron chi connectivity index (χ1n) is 5.34. The zero-order chi connectivity index (χ0) is 13.2. The van der Waals surface area contributed by atoms with Gasteiger partial charge >= 0.3 is 0 Å². The third-order valence-corrected chi connectivity index (χ3v) is 3.30. The smallest absolute Gasteiger partial charge is 0.251 e. The monoisotopic (exact) mass is 274 g/mol. The standard InChI is InChI=1S/C12H16Cl2N2O/c1-4-12(2,3)16-11(17)7-5-8(13)10(15)9(14)6-7/h5-6H,4,15H2,1-3H3,(H,16,17). The van der Waals surface area contributed by atoms with E-state index in [9.17, 15) is 4.79 Å². The third-order valence-electron chi connectivity index (χ3n) is 2.68. The normalized spacial score (nSPS) is 11.4. The molecule has 0 heterocycles. The maximum Gasteiger partial charge on any atom is 0.251 e. The van der Waals surface area contributed by atoms with Crippen LogP contribution in [0.4, 0.5) is 5.69 Å². The van der Waals surface area contributed by atoms with Crippen LogP contribution in [0.5, 0.6) is 0 Å². The van der Waals surface area contributed by atoms with Gasteiger partial charge in [-0.3, -0.25) is 4.79 Å². The molecule has 0 spiro atoms. The molecule has 1 aromatic rings. The molecule has 0 radical (unpaired) electrons. The molecular formula is C12H16Cl2N2O. The second-order valence-electron chi connectivity index (χ2n) is 4.55. The largest absolute Gasteiger partial charge is 0.396 e. The van der Waals surface area contributed by atoms with Crippen molar-refractivity contribution >= 4 is 34.8 Å². The highest BCUT2D eigenvalue weighted by atomic mass is 35.5. The minimum Gasteiger partial charge on any atom is -0.396 e. The zero-order valence-electron chi connectivity index (χ0n) is 10.1. The zero-order valence-corrected chi connectivity index (χ0v) is 11.6. The van der Waals surface area contributed by atoms with Crippen molar-refractivity contribution in [3.8, 4) is 0 Å². The Hall–Kier alpha value is -0.930. The van der Waals surface area contributed by atoms with Crippen LogP contribution in [0.3, 0.4) is 0 Å². The van der Waals surface area contributed by atoms with Crippen LogP contribution < -0.4 is 11.1 Å². The van der Waals surface area contributed by atoms with Crippen molar-refractivity contribution in [1.29, 1.82) is 0 Å². The fourth-order valence-corrected chi connectivity index (χ4v) is 1.67. The van der Waals surface area contributed by atoms with Gasteiger partial charge in [-0.15, -0.1) is 0 Å². The van der Waals surface area contributed by atoms with Gasteiger partial charge in [0.2, 0.25) is 0 Å². The molecular weight excluding hydrogens is 259 g/mol. The number of carbonyl (C=O) groups excluding carboxylic acids is 1. The van der Waals surface area contributed by atoms with Gasteiger partial charge in [-0.2, -0.15) is 0 Å². The summed E-state index contributed by atoms with van der Waals surface area (Å²) in [6.07, 6.45) is 0.829. The molecule has 0 saturated heterocycles. The molecule has 5 heteroatoms. The van der Waals surface area contributed by atoms with Crippen LogP contribution in [0.15, 0.2) is 12.1 Å². The molecule has 1 rings (SSSR count). The van der Waals surface area contributed by atoms with Gasteiger partial charge in [-0.1, -0.05) is 30.1 Å². The van der Waals surface area contributed by atoms with Crippen molar-refractivity contribution in [2.75, 3.05) is 5.73 Å². The number of carbonyl (C=O) groups is 1. The van der Waals surface area contributed by atoms with E-state index in [4.69, 9.17) is 28.9 Å². The Kier molecular flexibility index (Phi) is 4.28. The highest BCUT2D eigenvalue weighted by Gasteiger charge is 2.19. The Bertz CT molecular complexity index is 421. The molecule has 0 fully saturated rings. The topological polar surface area (TPSA) is 55.1 Å². The maximum atomic E-state index is 12.0. The second-order valence-corrected chi connectivity index (χ2v) is 5.36. The summed E-state index contributed by atoms with van der Waals surface area (Å²) in [6, 6.07) is 3.04. The second kappa shape index (κ2) is 5.15. The van der Waals surface area contributed by atoms with Crippen LogP contribution in [0.25, 0.3) is 0 Å². The molecule has 0 aliphatic rings. The van der Waals surface area contributed by atoms with Gasteiger partial charge in [0, 0.05) is 11.1 Å². The fraction of sp³-hybridized carbons (Fsp3) is 0.417. The van der Waals surface area contributed by atoms with E-state index in [0.717, 1.165) is 6.42 Å². The minimum absolute atomic E-state index is 0.208. The molecule has 0 saturated carbocycles. The van der Waals surface area contributed by atoms with Crippen molar-refractivity contribution in [2.45, 2.75) is 32.7 Å². The van der Waals surface area contributed by atoms with Crippen molar-refractivity contribution in [3.63, 3.8) is 0 Å². The molecule has 0 atom stereocenters. The van der Waals surface area contributed by atoms with E-state index < -0.39 is 0 Å². The van der Waals surface area contributed by atoms with Gasteiger partial charge in [0.1, 0.15) is 0 Å². The summed E-state index contributed by atoms with van der Waals surface area (Å²) in [5.74, 6) is -0.208. The summed E-state index contributed by atoms with van der Waals surface area (Å²) in [5, 5.41) is 3.48. The average Bonchev–Trinajstić information content (AvgIpc) is 2.24. The molecule has 3 nitrogen and oxygen atoms in total. The molecule has 17 heavy (non-hydrogen) atoms. The summed E-state index contributed by atoms with van der Waals surface area (Å²) in [5.41, 5.74) is 6.05. The molecule has 1 aromatic carbocycles. The van der Waals surface area contributed by atoms with Gasteiger partial charge in [0.15, 0.2) is 0 Å². The Morgan fingerprint density at radius 1 is 1.35 bits per heavy atom. The Morgan fingerprint density at radius 2 is 1.82 bits per heavy atom. The van der Waals surface area contributed by atoms with Crippen LogP contribution in [-0.4, -0.2) is 11.4 Å². The Labute approximate surface area is 111 Å². The number of benzene rings is 1. The predicted octanol–water partition coefficient (Wildman–Crippen LogP) is 3.49. The number of hydrogen-bond acceptors (Lipinski definition) is 2. The molecule has 0 aliphatic carbocycles. The molecule has 1 amide bonds. The van der Waals surface area contributed by atoms with Crippen molar-refractivity contribution in [1.82, 2.24) is 5.32 Å². The number of halogens is 2. The van der Waals surface area contributed by atoms with Crippen LogP contribution >= 0.6 is 23.2 Å². The van der Waals surface area contributed by atoms with E-state index in [1.807, 2.05) is 20.8 Å². The Morgan fingerprint density at radius 3 is 2.24 bits per heavy atom. The summed E-state index contributed by atoms with van der Waals surface area (Å²) < 4.78 is 0. The third kappa shape index (κ3) is 3.51. The van der Waals surface area contributed by atoms with Gasteiger partial charge in [-0.05, 0) is 32.4 Å². The molecule has 0 bridgehead atoms. The number of nitrogens with one attached hydrogen (secondary N) is 1. The average molecular weight is 275 g/mol. The lowest BCUT2D eigenvalue weighted by molar-refractivity contribution is 0.0911. The quantitative estimate of drug-likeness (QED) is 0.829. The Balaban J connectivity index is 2.98. The molecule has 3 N–H and O–H groups in total. The lowest BCUT2D eigenvalue weighted by Gasteiger charge is -2.24. The lowest BCUT2D eigenvalue weighted by Crippen LogP contribution is -2.42. The van der Waals surface area contributed by atoms with E-state index in [0.29, 0.717) is 11.3 Å². The van der Waals surface area contributed by atoms with Gasteiger partial charge in [-0.25, -0.2) is 0 Å². The van der Waals surface area contributed by atoms with Gasteiger partial charge in [0.25, 0.3) is 5.91 Å². The van der Waals surface area contributed by atoms with E-state index in [-0.39, 0.29) is 21.5 Å². The van der Waals surface area contributed by atoms with Crippen LogP contribution in [0.1, 0.15) is 37.6 Å². The molecule has 0 unspecified atom stereocenters. The van der Waals surface area contributed by atoms with E-state index in [2.05, 4.69) is 5.32 Å². The van der Waals surface area contributed by atoms with Crippen LogP contribution in [0.2, 0.25) is 10.0 Å². The van der Waals surface area contributed by atoms with Gasteiger partial charge < -0.3 is 11.1 Å². The van der Waals surface area contributed by atoms with E-state index in [1.165, 1.54) is 12.1 Å². The number of amides is 1. The summed E-state index contributed by atoms with van der Waals surface area (Å²) >= 11 is 11.8. The summed E-state index contributed by atoms with van der Waals surface area (Å²) in [7, 11) is 0. The SMILES string of the molecule is CCC(C)(C)NC(=O)c1cc(Cl)c(N)c(Cl)c1. The van der Waals surface area contributed by atoms with Crippen molar-refractivity contribution in [2.24, 2.45) is 0 Å². The molecule has 0 aromatic heterocycles. The lowest BCUT2D eigenvalue weighted by atomic mass is 10.0. The van der Waals surface area contributed by atoms with Crippen molar-refractivity contribution < 1.29 is 4.79 Å². The predicted molar refractivity (Wildman–Crippen MR) is 72.7 cm³/mol. The first-order valence-corrected chi connectivity index (χ1v) is 6.09. The maximum absolute atomic E-state index is 12.0. The summed E-state index contributed by atoms with van der Waals surface area (Å²) in [6.45, 7) is 5.90. The van der Waals surface area contributed by atoms with Gasteiger partial charge in [0.05, 0.1) is 15.7 Å². The molecule has 94 valence electrons. The number of hydrogen-bond donors (Lipinski definition) is 2. The number of nitrogens with two attached hydrogens (primary N) is 1. The first-order chi connectivity index (χ1) is 7.76. The number of nitrogen functional groups attached to an aromatic ring is 1. The fourth-order valence-electron chi connectivity index (χ4n) is 1.18. The highest BCUT2D eigenvalue weighted by molar-refractivity contribution is 6.39. The van der Waals surface area contributed by atoms with E-state index >= 15 is 0 Å². The summed E-state index contributed by atoms with van der Waals surface area (Å²) in [4.78, 5) is 12.0. The highest BCUT2D eigenvalue weighted by Crippen LogP contribution is 2.29. The number of anilines is 1. The van der Waals surface area contributed by atoms with Crippen molar-refractivity contribution in [3.05, 3.63) is 27.7 Å². The minimum atomic E-state index is -0.266. The van der Waals surface area contributed by atoms with Crippen LogP contribution in [0, 0.1) is 0 Å². The van der Waals surface area contributed by atoms with E-state index in [1.54, 1.807) is 0 Å². The van der Waals surface area contributed by atoms with Crippen LogP contribution in [-0.2, 0) is 0 Å². The molecule has 0 aliphatic heterocycles. The number of rotatable bonds is 3.